The molecule has 0 bridgehead atoms. The fraction of sp³-hybridized carbons (Fsp3) is 0.318. The van der Waals surface area contributed by atoms with Crippen LogP contribution in [0, 0.1) is 23.7 Å². The minimum Gasteiger partial charge on any atom is -0.504 e. The average molecular weight is 903 g/mol. The van der Waals surface area contributed by atoms with Crippen LogP contribution in [0.25, 0.3) is 0 Å². The molecule has 6 unspecified atom stereocenters. The number of nitrogens with zero attached hydrogens (tertiary/aromatic N) is 3. The summed E-state index contributed by atoms with van der Waals surface area (Å²) in [5.41, 5.74) is 4.50. The van der Waals surface area contributed by atoms with Crippen molar-refractivity contribution in [3.8, 4) is 17.2 Å². The number of hydrogen-bond donors (Lipinski definition) is 2. The Bertz CT molecular complexity index is 2420. The smallest absolute Gasteiger partial charge is 0.260 e. The highest BCUT2D eigenvalue weighted by Crippen LogP contribution is 2.65. The van der Waals surface area contributed by atoms with Crippen molar-refractivity contribution in [2.24, 2.45) is 23.7 Å². The Morgan fingerprint density at radius 1 is 0.847 bits per heavy atom. The molecule has 3 heterocycles. The molecule has 3 aliphatic heterocycles. The predicted octanol–water partition coefficient (Wildman–Crippen LogP) is 7.50. The molecule has 2 aliphatic carbocycles. The number of imide groups is 2. The van der Waals surface area contributed by atoms with Crippen LogP contribution in [0.15, 0.2) is 95.0 Å². The van der Waals surface area contributed by atoms with Crippen LogP contribution >= 0.6 is 39.1 Å². The average Bonchev–Trinajstić information content (AvgIpc) is 3.63. The molecule has 6 atom stereocenters. The van der Waals surface area contributed by atoms with Crippen molar-refractivity contribution in [2.75, 3.05) is 55.7 Å². The lowest BCUT2D eigenvalue weighted by Gasteiger charge is -2.50. The Kier molecular flexibility index (Phi) is 10.1. The molecule has 0 aromatic heterocycles. The van der Waals surface area contributed by atoms with Crippen LogP contribution in [-0.4, -0.2) is 74.3 Å². The number of amides is 4. The Balaban J connectivity index is 1.20. The number of anilines is 3. The van der Waals surface area contributed by atoms with Crippen molar-refractivity contribution in [1.29, 1.82) is 0 Å². The molecular formula is C44H39BrCl2N4O8. The third kappa shape index (κ3) is 6.19. The van der Waals surface area contributed by atoms with Gasteiger partial charge >= 0.3 is 0 Å². The maximum Gasteiger partial charge on any atom is 0.260 e. The molecule has 0 spiro atoms. The minimum atomic E-state index is -1.67. The van der Waals surface area contributed by atoms with Gasteiger partial charge in [-0.05, 0) is 91.1 Å². The fourth-order valence-electron chi connectivity index (χ4n) is 10.0. The zero-order valence-electron chi connectivity index (χ0n) is 32.0. The number of methoxy groups -OCH3 is 2. The highest BCUT2D eigenvalue weighted by Gasteiger charge is 2.71. The van der Waals surface area contributed by atoms with Crippen molar-refractivity contribution < 1.29 is 38.5 Å². The molecule has 9 rings (SSSR count). The molecule has 2 N–H and O–H groups in total. The number of hydrazine groups is 1. The largest absolute Gasteiger partial charge is 0.504 e. The van der Waals surface area contributed by atoms with E-state index in [-0.39, 0.29) is 46.9 Å². The Labute approximate surface area is 358 Å². The first-order valence-corrected chi connectivity index (χ1v) is 20.8. The number of morpholine rings is 1. The molecule has 4 aromatic carbocycles. The van der Waals surface area contributed by atoms with Crippen LogP contribution in [-0.2, 0) is 29.3 Å². The van der Waals surface area contributed by atoms with Gasteiger partial charge in [-0.25, -0.2) is 0 Å². The second kappa shape index (κ2) is 15.2. The van der Waals surface area contributed by atoms with Crippen LogP contribution in [0.2, 0.25) is 10.0 Å². The number of ether oxygens (including phenoxy) is 3. The summed E-state index contributed by atoms with van der Waals surface area (Å²) in [4.78, 5) is 63.4. The molecule has 4 amide bonds. The lowest BCUT2D eigenvalue weighted by molar-refractivity contribution is -0.138. The van der Waals surface area contributed by atoms with Crippen molar-refractivity contribution in [3.63, 3.8) is 0 Å². The van der Waals surface area contributed by atoms with Gasteiger partial charge in [0.05, 0.1) is 67.0 Å². The lowest BCUT2D eigenvalue weighted by atomic mass is 9.49. The van der Waals surface area contributed by atoms with E-state index in [0.29, 0.717) is 50.8 Å². The monoisotopic (exact) mass is 900 g/mol. The van der Waals surface area contributed by atoms with Crippen molar-refractivity contribution in [1.82, 2.24) is 5.01 Å². The molecule has 59 heavy (non-hydrogen) atoms. The number of allylic oxidation sites excluding steroid dienone is 2. The summed E-state index contributed by atoms with van der Waals surface area (Å²) in [6.45, 7) is 2.71. The number of nitrogens with one attached hydrogen (secondary N) is 1. The molecule has 4 aromatic rings. The summed E-state index contributed by atoms with van der Waals surface area (Å²) in [7, 11) is 2.96. The van der Waals surface area contributed by atoms with E-state index in [2.05, 4.69) is 26.3 Å². The van der Waals surface area contributed by atoms with Crippen molar-refractivity contribution in [3.05, 3.63) is 116 Å². The zero-order chi connectivity index (χ0) is 41.3. The summed E-state index contributed by atoms with van der Waals surface area (Å²) >= 11 is 16.4. The number of carbonyl (C=O) groups is 4. The SMILES string of the molecule is COc1ccc(C23C(=O)N(Nc4ccc(Cl)cc4Cl)C(=O)C2CC2C(=CCC4C(=O)N(c5ccc(N6CCOCC6)cc5)C(=O)C42)C3c2cc(Br)cc(OC)c2O)cc1. The van der Waals surface area contributed by atoms with Gasteiger partial charge in [-0.15, -0.1) is 0 Å². The van der Waals surface area contributed by atoms with E-state index >= 15 is 9.59 Å². The topological polar surface area (TPSA) is 138 Å². The summed E-state index contributed by atoms with van der Waals surface area (Å²) in [6.07, 6.45) is 2.20. The van der Waals surface area contributed by atoms with Gasteiger partial charge in [-0.1, -0.05) is 62.9 Å². The maximum atomic E-state index is 15.6. The molecule has 3 saturated heterocycles. The van der Waals surface area contributed by atoms with Gasteiger partial charge in [0.2, 0.25) is 11.8 Å². The van der Waals surface area contributed by atoms with Crippen LogP contribution in [0.5, 0.6) is 17.2 Å². The number of phenols is 1. The first kappa shape index (κ1) is 39.4. The molecule has 5 aliphatic rings. The van der Waals surface area contributed by atoms with E-state index in [1.807, 2.05) is 18.2 Å². The van der Waals surface area contributed by atoms with Crippen LogP contribution < -0.4 is 24.7 Å². The molecule has 0 radical (unpaired) electrons. The van der Waals surface area contributed by atoms with E-state index in [9.17, 15) is 14.7 Å². The zero-order valence-corrected chi connectivity index (χ0v) is 35.1. The first-order valence-electron chi connectivity index (χ1n) is 19.3. The van der Waals surface area contributed by atoms with Crippen molar-refractivity contribution >= 4 is 79.8 Å². The standard InChI is InChI=1S/C44H39BrCl2N4O8/c1-57-28-10-3-23(4-11-28)44-33(41(54)51(43(44)56)48-35-14-5-25(46)21-34(35)47)22-31-29(38(44)32-19-24(45)20-36(58-2)39(32)52)12-13-30-37(31)42(55)50(40(30)53)27-8-6-26(7-9-27)49-15-17-59-18-16-49/h3-12,14,19-21,30-31,33,37-38,48,52H,13,15-18,22H2,1-2H3. The Hall–Kier alpha value is -5.08. The van der Waals surface area contributed by atoms with E-state index in [4.69, 9.17) is 37.4 Å². The van der Waals surface area contributed by atoms with Gasteiger partial charge < -0.3 is 24.2 Å². The second-order valence-electron chi connectivity index (χ2n) is 15.4. The first-order chi connectivity index (χ1) is 28.5. The number of fused-ring (bicyclic) bond motifs is 4. The van der Waals surface area contributed by atoms with E-state index in [1.54, 1.807) is 60.7 Å². The summed E-state index contributed by atoms with van der Waals surface area (Å²) < 4.78 is 17.2. The summed E-state index contributed by atoms with van der Waals surface area (Å²) in [5.74, 6) is -5.70. The van der Waals surface area contributed by atoms with E-state index < -0.39 is 46.8 Å². The quantitative estimate of drug-likeness (QED) is 0.135. The summed E-state index contributed by atoms with van der Waals surface area (Å²) in [5, 5.41) is 13.6. The van der Waals surface area contributed by atoms with Gasteiger partial charge in [0.1, 0.15) is 5.75 Å². The van der Waals surface area contributed by atoms with Crippen LogP contribution in [0.3, 0.4) is 0 Å². The van der Waals surface area contributed by atoms with Gasteiger partial charge in [-0.3, -0.25) is 29.5 Å². The van der Waals surface area contributed by atoms with Gasteiger partial charge in [-0.2, -0.15) is 5.01 Å². The van der Waals surface area contributed by atoms with Gasteiger partial charge in [0, 0.05) is 39.8 Å². The van der Waals surface area contributed by atoms with Gasteiger partial charge in [0.25, 0.3) is 11.8 Å². The Morgan fingerprint density at radius 3 is 2.24 bits per heavy atom. The van der Waals surface area contributed by atoms with E-state index in [0.717, 1.165) is 23.8 Å². The molecule has 4 fully saturated rings. The number of rotatable bonds is 8. The number of hydrogen-bond acceptors (Lipinski definition) is 10. The van der Waals surface area contributed by atoms with Gasteiger partial charge in [0.15, 0.2) is 11.5 Å². The minimum absolute atomic E-state index is 0.0569. The predicted molar refractivity (Wildman–Crippen MR) is 225 cm³/mol. The molecule has 304 valence electrons. The number of phenolic OH excluding ortho intramolecular Hbond substituents is 1. The maximum absolute atomic E-state index is 15.6. The third-order valence-corrected chi connectivity index (χ3v) is 13.7. The lowest BCUT2D eigenvalue weighted by Crippen LogP contribution is -2.53. The fourth-order valence-corrected chi connectivity index (χ4v) is 11.0. The second-order valence-corrected chi connectivity index (χ2v) is 17.1. The Morgan fingerprint density at radius 2 is 1.56 bits per heavy atom. The van der Waals surface area contributed by atoms with E-state index in [1.165, 1.54) is 25.2 Å². The highest BCUT2D eigenvalue weighted by atomic mass is 79.9. The number of benzene rings is 4. The highest BCUT2D eigenvalue weighted by molar-refractivity contribution is 9.10. The van der Waals surface area contributed by atoms with Crippen LogP contribution in [0.1, 0.15) is 29.9 Å². The molecular weight excluding hydrogens is 863 g/mol. The molecule has 15 heteroatoms. The number of aromatic hydroxyl groups is 1. The summed E-state index contributed by atoms with van der Waals surface area (Å²) in [6, 6.07) is 22.4. The third-order valence-electron chi connectivity index (χ3n) is 12.7. The molecule has 1 saturated carbocycles. The number of carbonyl (C=O) groups excluding carboxylic acids is 4. The van der Waals surface area contributed by atoms with Crippen LogP contribution in [0.4, 0.5) is 17.1 Å². The molecule has 12 nitrogen and oxygen atoms in total. The van der Waals surface area contributed by atoms with Crippen molar-refractivity contribution in [2.45, 2.75) is 24.2 Å². The normalized spacial score (nSPS) is 26.4. The number of halogens is 3.